The molecule has 0 aliphatic heterocycles. The first-order chi connectivity index (χ1) is 8.27. The molecule has 1 heteroatoms. The van der Waals surface area contributed by atoms with Gasteiger partial charge in [0, 0.05) is 5.69 Å². The molecule has 17 heavy (non-hydrogen) atoms. The molecule has 0 radical (unpaired) electrons. The van der Waals surface area contributed by atoms with Crippen LogP contribution in [0.1, 0.15) is 30.4 Å². The maximum atomic E-state index is 6.17. The predicted molar refractivity (Wildman–Crippen MR) is 70.7 cm³/mol. The average molecular weight is 225 g/mol. The summed E-state index contributed by atoms with van der Waals surface area (Å²) in [6.45, 7) is 0. The molecule has 3 aliphatic rings. The largest absolute Gasteiger partial charge is 0.398 e. The third-order valence-corrected chi connectivity index (χ3v) is 5.36. The first-order valence-electron chi connectivity index (χ1n) is 6.81. The van der Waals surface area contributed by atoms with E-state index in [1.807, 2.05) is 0 Å². The van der Waals surface area contributed by atoms with E-state index in [2.05, 4.69) is 30.4 Å². The van der Waals surface area contributed by atoms with Gasteiger partial charge in [0.2, 0.25) is 0 Å². The highest BCUT2D eigenvalue weighted by Gasteiger charge is 2.49. The van der Waals surface area contributed by atoms with Crippen LogP contribution in [-0.2, 0) is 12.8 Å². The molecular formula is C16H19N. The molecule has 1 aromatic carbocycles. The van der Waals surface area contributed by atoms with Gasteiger partial charge < -0.3 is 5.73 Å². The van der Waals surface area contributed by atoms with Crippen molar-refractivity contribution in [3.63, 3.8) is 0 Å². The molecule has 1 nitrogen and oxygen atoms in total. The number of nitrogen functional groups attached to an aromatic ring is 1. The highest BCUT2D eigenvalue weighted by Crippen LogP contribution is 2.58. The maximum absolute atomic E-state index is 6.17. The van der Waals surface area contributed by atoms with Crippen LogP contribution in [0.25, 0.3) is 0 Å². The molecule has 1 spiro atoms. The molecule has 3 atom stereocenters. The number of benzene rings is 1. The molecule has 2 bridgehead atoms. The van der Waals surface area contributed by atoms with Crippen LogP contribution in [0.5, 0.6) is 0 Å². The van der Waals surface area contributed by atoms with Crippen molar-refractivity contribution in [2.24, 2.45) is 17.3 Å². The van der Waals surface area contributed by atoms with Crippen LogP contribution in [-0.4, -0.2) is 0 Å². The monoisotopic (exact) mass is 225 g/mol. The van der Waals surface area contributed by atoms with E-state index in [1.54, 1.807) is 0 Å². The van der Waals surface area contributed by atoms with Gasteiger partial charge in [0.25, 0.3) is 0 Å². The molecular weight excluding hydrogens is 206 g/mol. The third kappa shape index (κ3) is 1.25. The Morgan fingerprint density at radius 2 is 2.18 bits per heavy atom. The van der Waals surface area contributed by atoms with E-state index in [1.165, 1.54) is 43.2 Å². The average Bonchev–Trinajstić information content (AvgIpc) is 2.91. The van der Waals surface area contributed by atoms with E-state index < -0.39 is 0 Å². The first-order valence-corrected chi connectivity index (χ1v) is 6.81. The standard InChI is InChI=1S/C16H19N/c17-15-3-1-2-12-6-7-16(10-14(12)15)9-11-4-5-13(16)8-11/h1-5,11,13H,6-10,17H2. The lowest BCUT2D eigenvalue weighted by Gasteiger charge is -2.40. The van der Waals surface area contributed by atoms with Crippen molar-refractivity contribution in [2.45, 2.75) is 32.1 Å². The molecule has 1 fully saturated rings. The smallest absolute Gasteiger partial charge is 0.0349 e. The third-order valence-electron chi connectivity index (χ3n) is 5.36. The highest BCUT2D eigenvalue weighted by atomic mass is 14.6. The zero-order valence-electron chi connectivity index (χ0n) is 10.2. The number of anilines is 1. The normalized spacial score (nSPS) is 37.6. The van der Waals surface area contributed by atoms with Gasteiger partial charge in [-0.25, -0.2) is 0 Å². The number of hydrogen-bond donors (Lipinski definition) is 1. The zero-order valence-corrected chi connectivity index (χ0v) is 10.2. The van der Waals surface area contributed by atoms with Crippen molar-refractivity contribution in [1.82, 2.24) is 0 Å². The number of aryl methyl sites for hydroxylation is 1. The minimum atomic E-state index is 0.557. The van der Waals surface area contributed by atoms with Crippen molar-refractivity contribution in [1.29, 1.82) is 0 Å². The molecule has 3 aliphatic carbocycles. The van der Waals surface area contributed by atoms with Crippen LogP contribution in [0, 0.1) is 17.3 Å². The van der Waals surface area contributed by atoms with Gasteiger partial charge in [-0.3, -0.25) is 0 Å². The van der Waals surface area contributed by atoms with E-state index in [-0.39, 0.29) is 0 Å². The predicted octanol–water partition coefficient (Wildman–Crippen LogP) is 3.34. The quantitative estimate of drug-likeness (QED) is 0.532. The summed E-state index contributed by atoms with van der Waals surface area (Å²) >= 11 is 0. The number of fused-ring (bicyclic) bond motifs is 4. The summed E-state index contributed by atoms with van der Waals surface area (Å²) in [5.41, 5.74) is 10.7. The summed E-state index contributed by atoms with van der Waals surface area (Å²) < 4.78 is 0. The van der Waals surface area contributed by atoms with Crippen LogP contribution >= 0.6 is 0 Å². The Labute approximate surface area is 103 Å². The Balaban J connectivity index is 1.76. The van der Waals surface area contributed by atoms with Gasteiger partial charge in [-0.2, -0.15) is 0 Å². The Morgan fingerprint density at radius 3 is 2.94 bits per heavy atom. The summed E-state index contributed by atoms with van der Waals surface area (Å²) in [6.07, 6.45) is 11.6. The molecule has 0 aromatic heterocycles. The van der Waals surface area contributed by atoms with Gasteiger partial charge in [-0.05, 0) is 66.5 Å². The van der Waals surface area contributed by atoms with E-state index in [9.17, 15) is 0 Å². The van der Waals surface area contributed by atoms with E-state index in [4.69, 9.17) is 5.73 Å². The fourth-order valence-corrected chi connectivity index (χ4v) is 4.47. The number of allylic oxidation sites excluding steroid dienone is 2. The van der Waals surface area contributed by atoms with Crippen molar-refractivity contribution in [2.75, 3.05) is 5.73 Å². The molecule has 1 saturated carbocycles. The summed E-state index contributed by atoms with van der Waals surface area (Å²) in [5.74, 6) is 1.70. The maximum Gasteiger partial charge on any atom is 0.0349 e. The van der Waals surface area contributed by atoms with E-state index in [0.29, 0.717) is 5.41 Å². The summed E-state index contributed by atoms with van der Waals surface area (Å²) in [4.78, 5) is 0. The van der Waals surface area contributed by atoms with Crippen LogP contribution in [0.3, 0.4) is 0 Å². The Kier molecular flexibility index (Phi) is 1.81. The lowest BCUT2D eigenvalue weighted by molar-refractivity contribution is 0.195. The second kappa shape index (κ2) is 3.16. The Bertz CT molecular complexity index is 502. The molecule has 0 heterocycles. The van der Waals surface area contributed by atoms with E-state index in [0.717, 1.165) is 17.5 Å². The molecule has 4 rings (SSSR count). The summed E-state index contributed by atoms with van der Waals surface area (Å²) in [5, 5.41) is 0. The van der Waals surface area contributed by atoms with Crippen LogP contribution in [0.2, 0.25) is 0 Å². The Morgan fingerprint density at radius 1 is 1.24 bits per heavy atom. The highest BCUT2D eigenvalue weighted by molar-refractivity contribution is 5.53. The SMILES string of the molecule is Nc1cccc2c1CC1(CC2)CC2C=CC1C2. The molecule has 0 amide bonds. The second-order valence-electron chi connectivity index (χ2n) is 6.22. The zero-order chi connectivity index (χ0) is 11.5. The minimum Gasteiger partial charge on any atom is -0.398 e. The lowest BCUT2D eigenvalue weighted by atomic mass is 9.64. The number of nitrogens with two attached hydrogens (primary N) is 1. The molecule has 88 valence electrons. The van der Waals surface area contributed by atoms with Gasteiger partial charge in [0.1, 0.15) is 0 Å². The fourth-order valence-electron chi connectivity index (χ4n) is 4.47. The number of hydrogen-bond acceptors (Lipinski definition) is 1. The van der Waals surface area contributed by atoms with Crippen LogP contribution in [0.15, 0.2) is 30.4 Å². The number of rotatable bonds is 0. The topological polar surface area (TPSA) is 26.0 Å². The molecule has 3 unspecified atom stereocenters. The van der Waals surface area contributed by atoms with Gasteiger partial charge in [0.05, 0.1) is 0 Å². The van der Waals surface area contributed by atoms with Gasteiger partial charge >= 0.3 is 0 Å². The van der Waals surface area contributed by atoms with Gasteiger partial charge in [0.15, 0.2) is 0 Å². The van der Waals surface area contributed by atoms with Gasteiger partial charge in [-0.1, -0.05) is 24.3 Å². The van der Waals surface area contributed by atoms with Crippen molar-refractivity contribution >= 4 is 5.69 Å². The van der Waals surface area contributed by atoms with Crippen molar-refractivity contribution in [3.8, 4) is 0 Å². The van der Waals surface area contributed by atoms with Crippen LogP contribution < -0.4 is 5.73 Å². The molecule has 2 N–H and O–H groups in total. The fraction of sp³-hybridized carbons (Fsp3) is 0.500. The van der Waals surface area contributed by atoms with E-state index >= 15 is 0 Å². The van der Waals surface area contributed by atoms with Crippen LogP contribution in [0.4, 0.5) is 5.69 Å². The van der Waals surface area contributed by atoms with Crippen molar-refractivity contribution in [3.05, 3.63) is 41.5 Å². The molecule has 1 aromatic rings. The second-order valence-corrected chi connectivity index (χ2v) is 6.22. The Hall–Kier alpha value is -1.24. The molecule has 0 saturated heterocycles. The first kappa shape index (κ1) is 9.76. The van der Waals surface area contributed by atoms with Gasteiger partial charge in [-0.15, -0.1) is 0 Å². The minimum absolute atomic E-state index is 0.557. The summed E-state index contributed by atoms with van der Waals surface area (Å²) in [7, 11) is 0. The summed E-state index contributed by atoms with van der Waals surface area (Å²) in [6, 6.07) is 6.44. The van der Waals surface area contributed by atoms with Crippen molar-refractivity contribution < 1.29 is 0 Å². The lowest BCUT2D eigenvalue weighted by Crippen LogP contribution is -2.33.